The number of hydrogen-bond donors (Lipinski definition) is 0. The van der Waals surface area contributed by atoms with Crippen LogP contribution in [-0.4, -0.2) is 24.4 Å². The molecule has 0 unspecified atom stereocenters. The molecule has 0 radical (unpaired) electrons. The van der Waals surface area contributed by atoms with E-state index in [1.807, 2.05) is 12.1 Å². The van der Waals surface area contributed by atoms with Crippen LogP contribution >= 0.6 is 35.6 Å². The molecule has 1 amide bonds. The number of ether oxygens (including phenoxy) is 2. The van der Waals surface area contributed by atoms with Gasteiger partial charge in [0.2, 0.25) is 0 Å². The molecule has 0 N–H and O–H groups in total. The molecule has 0 bridgehead atoms. The van der Waals surface area contributed by atoms with Gasteiger partial charge in [0.1, 0.15) is 11.5 Å². The summed E-state index contributed by atoms with van der Waals surface area (Å²) in [4.78, 5) is 14.9. The minimum Gasteiger partial charge on any atom is -0.497 e. The average molecular weight is 392 g/mol. The Bertz CT molecular complexity index is 882. The molecule has 2 aromatic carbocycles. The Hall–Kier alpha value is -2.02. The van der Waals surface area contributed by atoms with E-state index in [1.54, 1.807) is 43.5 Å². The van der Waals surface area contributed by atoms with E-state index < -0.39 is 0 Å². The number of carbonyl (C=O) groups is 1. The minimum absolute atomic E-state index is 0.196. The largest absolute Gasteiger partial charge is 0.497 e. The van der Waals surface area contributed by atoms with Gasteiger partial charge in [0.25, 0.3) is 5.91 Å². The summed E-state index contributed by atoms with van der Waals surface area (Å²) < 4.78 is 11.0. The summed E-state index contributed by atoms with van der Waals surface area (Å²) in [6, 6.07) is 12.5. The highest BCUT2D eigenvalue weighted by Crippen LogP contribution is 2.41. The molecule has 1 fully saturated rings. The van der Waals surface area contributed by atoms with Crippen LogP contribution in [0, 0.1) is 0 Å². The van der Waals surface area contributed by atoms with Gasteiger partial charge in [-0.15, -0.1) is 0 Å². The number of thioether (sulfide) groups is 1. The van der Waals surface area contributed by atoms with Crippen molar-refractivity contribution in [2.45, 2.75) is 0 Å². The molecule has 3 rings (SSSR count). The second-order valence-electron chi connectivity index (χ2n) is 5.11. The van der Waals surface area contributed by atoms with Gasteiger partial charge in [-0.25, -0.2) is 0 Å². The molecule has 0 atom stereocenters. The summed E-state index contributed by atoms with van der Waals surface area (Å²) >= 11 is 12.6. The van der Waals surface area contributed by atoms with E-state index in [2.05, 4.69) is 0 Å². The van der Waals surface area contributed by atoms with Gasteiger partial charge in [-0.05, 0) is 35.9 Å². The number of carbonyl (C=O) groups excluding carboxylic acids is 1. The van der Waals surface area contributed by atoms with E-state index in [9.17, 15) is 4.79 Å². The van der Waals surface area contributed by atoms with Gasteiger partial charge in [-0.2, -0.15) is 0 Å². The topological polar surface area (TPSA) is 38.8 Å². The molecular formula is C18H14ClNO3S2. The number of rotatable bonds is 4. The Balaban J connectivity index is 1.97. The molecule has 1 heterocycles. The number of amides is 1. The van der Waals surface area contributed by atoms with E-state index >= 15 is 0 Å². The Morgan fingerprint density at radius 1 is 1.16 bits per heavy atom. The molecule has 2 aromatic rings. The highest BCUT2D eigenvalue weighted by atomic mass is 35.5. The lowest BCUT2D eigenvalue weighted by molar-refractivity contribution is -0.113. The van der Waals surface area contributed by atoms with Gasteiger partial charge in [-0.1, -0.05) is 47.7 Å². The molecule has 1 saturated heterocycles. The fourth-order valence-electron chi connectivity index (χ4n) is 2.39. The van der Waals surface area contributed by atoms with Gasteiger partial charge in [-0.3, -0.25) is 9.69 Å². The average Bonchev–Trinajstić information content (AvgIpc) is 2.88. The van der Waals surface area contributed by atoms with Crippen LogP contribution < -0.4 is 14.4 Å². The van der Waals surface area contributed by atoms with Crippen molar-refractivity contribution in [3.63, 3.8) is 0 Å². The van der Waals surface area contributed by atoms with Gasteiger partial charge < -0.3 is 9.47 Å². The molecule has 1 aliphatic rings. The van der Waals surface area contributed by atoms with Crippen molar-refractivity contribution in [1.82, 2.24) is 0 Å². The lowest BCUT2D eigenvalue weighted by Gasteiger charge is -2.18. The zero-order chi connectivity index (χ0) is 18.0. The third-order valence-electron chi connectivity index (χ3n) is 3.57. The summed E-state index contributed by atoms with van der Waals surface area (Å²) in [5.41, 5.74) is 1.43. The van der Waals surface area contributed by atoms with E-state index in [1.165, 1.54) is 23.8 Å². The number of nitrogens with zero attached hydrogens (tertiary/aromatic N) is 1. The summed E-state index contributed by atoms with van der Waals surface area (Å²) in [6.07, 6.45) is 1.78. The summed E-state index contributed by atoms with van der Waals surface area (Å²) in [5.74, 6) is 0.957. The smallest absolute Gasteiger partial charge is 0.270 e. The second kappa shape index (κ2) is 7.47. The standard InChI is InChI=1S/C18H14ClNO3S2/c1-22-13-6-7-14(15(10-13)23-2)20-17(21)16(25-18(20)24)9-11-4-3-5-12(19)8-11/h3-10H,1-2H3. The zero-order valence-electron chi connectivity index (χ0n) is 13.5. The van der Waals surface area contributed by atoms with Gasteiger partial charge in [0, 0.05) is 11.1 Å². The van der Waals surface area contributed by atoms with Gasteiger partial charge in [0.15, 0.2) is 4.32 Å². The number of anilines is 1. The van der Waals surface area contributed by atoms with Gasteiger partial charge >= 0.3 is 0 Å². The Labute approximate surface area is 160 Å². The lowest BCUT2D eigenvalue weighted by Crippen LogP contribution is -2.27. The molecule has 25 heavy (non-hydrogen) atoms. The summed E-state index contributed by atoms with van der Waals surface area (Å²) in [7, 11) is 3.11. The molecule has 0 aliphatic carbocycles. The first-order valence-corrected chi connectivity index (χ1v) is 8.89. The van der Waals surface area contributed by atoms with E-state index in [0.717, 1.165) is 5.56 Å². The van der Waals surface area contributed by atoms with Crippen molar-refractivity contribution < 1.29 is 14.3 Å². The zero-order valence-corrected chi connectivity index (χ0v) is 15.9. The van der Waals surface area contributed by atoms with Gasteiger partial charge in [0.05, 0.1) is 24.8 Å². The van der Waals surface area contributed by atoms with Crippen molar-refractivity contribution in [2.75, 3.05) is 19.1 Å². The van der Waals surface area contributed by atoms with Crippen LogP contribution in [0.3, 0.4) is 0 Å². The highest BCUT2D eigenvalue weighted by molar-refractivity contribution is 8.27. The lowest BCUT2D eigenvalue weighted by atomic mass is 10.2. The Morgan fingerprint density at radius 2 is 1.96 bits per heavy atom. The monoisotopic (exact) mass is 391 g/mol. The molecular weight excluding hydrogens is 378 g/mol. The minimum atomic E-state index is -0.196. The van der Waals surface area contributed by atoms with Crippen molar-refractivity contribution in [3.8, 4) is 11.5 Å². The third kappa shape index (κ3) is 3.66. The highest BCUT2D eigenvalue weighted by Gasteiger charge is 2.35. The molecule has 1 aliphatic heterocycles. The van der Waals surface area contributed by atoms with Crippen molar-refractivity contribution in [3.05, 3.63) is 58.0 Å². The van der Waals surface area contributed by atoms with Crippen molar-refractivity contribution >= 4 is 57.6 Å². The maximum atomic E-state index is 12.9. The number of halogens is 1. The normalized spacial score (nSPS) is 15.8. The third-order valence-corrected chi connectivity index (χ3v) is 5.11. The first-order chi connectivity index (χ1) is 12.0. The molecule has 128 valence electrons. The van der Waals surface area contributed by atoms with E-state index in [-0.39, 0.29) is 5.91 Å². The van der Waals surface area contributed by atoms with Crippen LogP contribution in [-0.2, 0) is 4.79 Å². The Kier molecular flexibility index (Phi) is 5.32. The van der Waals surface area contributed by atoms with Crippen LogP contribution in [0.25, 0.3) is 6.08 Å². The predicted molar refractivity (Wildman–Crippen MR) is 107 cm³/mol. The molecule has 7 heteroatoms. The first kappa shape index (κ1) is 17.8. The number of methoxy groups -OCH3 is 2. The van der Waals surface area contributed by atoms with Crippen molar-refractivity contribution in [2.24, 2.45) is 0 Å². The van der Waals surface area contributed by atoms with Crippen molar-refractivity contribution in [1.29, 1.82) is 0 Å². The van der Waals surface area contributed by atoms with Crippen LogP contribution in [0.5, 0.6) is 11.5 Å². The fourth-order valence-corrected chi connectivity index (χ4v) is 3.88. The summed E-state index contributed by atoms with van der Waals surface area (Å²) in [6.45, 7) is 0. The number of benzene rings is 2. The van der Waals surface area contributed by atoms with Crippen LogP contribution in [0.4, 0.5) is 5.69 Å². The molecule has 0 aromatic heterocycles. The van der Waals surface area contributed by atoms with Crippen LogP contribution in [0.15, 0.2) is 47.4 Å². The van der Waals surface area contributed by atoms with E-state index in [0.29, 0.717) is 31.4 Å². The molecule has 0 saturated carbocycles. The number of thiocarbonyl (C=S) groups is 1. The van der Waals surface area contributed by atoms with Crippen LogP contribution in [0.2, 0.25) is 5.02 Å². The maximum absolute atomic E-state index is 12.9. The first-order valence-electron chi connectivity index (χ1n) is 7.29. The molecule has 0 spiro atoms. The fraction of sp³-hybridized carbons (Fsp3) is 0.111. The Morgan fingerprint density at radius 3 is 2.64 bits per heavy atom. The SMILES string of the molecule is COc1ccc(N2C(=O)C(=Cc3cccc(Cl)c3)SC2=S)c(OC)c1. The second-order valence-corrected chi connectivity index (χ2v) is 7.22. The summed E-state index contributed by atoms with van der Waals surface area (Å²) in [5, 5.41) is 0.612. The number of hydrogen-bond acceptors (Lipinski definition) is 5. The maximum Gasteiger partial charge on any atom is 0.270 e. The quantitative estimate of drug-likeness (QED) is 0.554. The molecule has 4 nitrogen and oxygen atoms in total. The van der Waals surface area contributed by atoms with Crippen LogP contribution in [0.1, 0.15) is 5.56 Å². The predicted octanol–water partition coefficient (Wildman–Crippen LogP) is 4.76. The van der Waals surface area contributed by atoms with E-state index in [4.69, 9.17) is 33.3 Å².